The van der Waals surface area contributed by atoms with Gasteiger partial charge < -0.3 is 10.6 Å². The van der Waals surface area contributed by atoms with Gasteiger partial charge in [-0.1, -0.05) is 12.1 Å². The third-order valence-corrected chi connectivity index (χ3v) is 2.57. The second kappa shape index (κ2) is 7.18. The van der Waals surface area contributed by atoms with E-state index >= 15 is 0 Å². The molecule has 104 valence electrons. The van der Waals surface area contributed by atoms with Crippen LogP contribution in [0.3, 0.4) is 0 Å². The summed E-state index contributed by atoms with van der Waals surface area (Å²) < 4.78 is 13.0. The molecule has 0 aliphatic carbocycles. The van der Waals surface area contributed by atoms with E-state index < -0.39 is 0 Å². The number of hydrogen-bond acceptors (Lipinski definition) is 4. The van der Waals surface area contributed by atoms with Crippen LogP contribution in [0.5, 0.6) is 0 Å². The smallest absolute Gasteiger partial charge is 0.224 e. The summed E-state index contributed by atoms with van der Waals surface area (Å²) in [6.45, 7) is 1.01. The third-order valence-electron chi connectivity index (χ3n) is 2.57. The molecule has 1 amide bonds. The summed E-state index contributed by atoms with van der Waals surface area (Å²) >= 11 is 0. The lowest BCUT2D eigenvalue weighted by Crippen LogP contribution is -2.30. The number of hydrogen-bond donors (Lipinski definition) is 2. The van der Waals surface area contributed by atoms with Gasteiger partial charge in [-0.25, -0.2) is 9.37 Å². The average molecular weight is 274 g/mol. The molecule has 20 heavy (non-hydrogen) atoms. The molecule has 2 aromatic rings. The Morgan fingerprint density at radius 2 is 2.15 bits per heavy atom. The molecule has 2 N–H and O–H groups in total. The highest BCUT2D eigenvalue weighted by Gasteiger charge is 2.03. The van der Waals surface area contributed by atoms with Gasteiger partial charge in [-0.15, -0.1) is 0 Å². The van der Waals surface area contributed by atoms with Crippen molar-refractivity contribution in [1.29, 1.82) is 0 Å². The minimum atomic E-state index is -0.334. The van der Waals surface area contributed by atoms with E-state index in [-0.39, 0.29) is 18.1 Å². The van der Waals surface area contributed by atoms with Crippen molar-refractivity contribution in [3.63, 3.8) is 0 Å². The van der Waals surface area contributed by atoms with Crippen molar-refractivity contribution >= 4 is 11.7 Å². The first kappa shape index (κ1) is 13.9. The first-order valence-electron chi connectivity index (χ1n) is 6.25. The molecule has 0 radical (unpaired) electrons. The quantitative estimate of drug-likeness (QED) is 0.781. The number of benzene rings is 1. The van der Waals surface area contributed by atoms with Gasteiger partial charge >= 0.3 is 0 Å². The molecule has 0 aliphatic heterocycles. The van der Waals surface area contributed by atoms with Gasteiger partial charge in [0.05, 0.1) is 12.6 Å². The molecular weight excluding hydrogens is 259 g/mol. The Hall–Kier alpha value is -2.50. The fourth-order valence-electron chi connectivity index (χ4n) is 1.68. The lowest BCUT2D eigenvalue weighted by Gasteiger charge is -2.07. The summed E-state index contributed by atoms with van der Waals surface area (Å²) in [6, 6.07) is 6.03. The van der Waals surface area contributed by atoms with Crippen molar-refractivity contribution in [3.8, 4) is 0 Å². The molecule has 0 saturated carbocycles. The van der Waals surface area contributed by atoms with Crippen LogP contribution in [0.1, 0.15) is 5.56 Å². The monoisotopic (exact) mass is 274 g/mol. The minimum absolute atomic E-state index is 0.142. The molecule has 0 atom stereocenters. The number of nitrogens with zero attached hydrogens (tertiary/aromatic N) is 2. The summed E-state index contributed by atoms with van der Waals surface area (Å²) in [5, 5.41) is 5.77. The topological polar surface area (TPSA) is 66.9 Å². The van der Waals surface area contributed by atoms with Crippen LogP contribution in [0, 0.1) is 5.82 Å². The molecule has 0 bridgehead atoms. The lowest BCUT2D eigenvalue weighted by molar-refractivity contribution is -0.120. The normalized spacial score (nSPS) is 10.1. The molecule has 5 nitrogen and oxygen atoms in total. The third kappa shape index (κ3) is 4.64. The number of amides is 1. The molecule has 0 saturated heterocycles. The van der Waals surface area contributed by atoms with Crippen molar-refractivity contribution in [2.75, 3.05) is 18.4 Å². The standard InChI is InChI=1S/C14H15FN4O/c15-12-3-1-2-11(8-12)9-14(20)19-7-6-18-13-10-16-4-5-17-13/h1-5,8,10H,6-7,9H2,(H,17,18)(H,19,20). The fraction of sp³-hybridized carbons (Fsp3) is 0.214. The first-order valence-corrected chi connectivity index (χ1v) is 6.25. The Morgan fingerprint density at radius 3 is 2.90 bits per heavy atom. The van der Waals surface area contributed by atoms with Crippen LogP contribution in [-0.2, 0) is 11.2 Å². The summed E-state index contributed by atoms with van der Waals surface area (Å²) in [5.41, 5.74) is 0.657. The molecule has 0 spiro atoms. The number of rotatable bonds is 6. The van der Waals surface area contributed by atoms with E-state index in [4.69, 9.17) is 0 Å². The lowest BCUT2D eigenvalue weighted by atomic mass is 10.1. The molecular formula is C14H15FN4O. The van der Waals surface area contributed by atoms with Gasteiger partial charge in [-0.2, -0.15) is 0 Å². The van der Waals surface area contributed by atoms with E-state index in [9.17, 15) is 9.18 Å². The van der Waals surface area contributed by atoms with Gasteiger partial charge in [0.2, 0.25) is 5.91 Å². The summed E-state index contributed by atoms with van der Waals surface area (Å²) in [4.78, 5) is 19.6. The van der Waals surface area contributed by atoms with E-state index in [0.717, 1.165) is 0 Å². The van der Waals surface area contributed by atoms with E-state index in [1.165, 1.54) is 12.1 Å². The fourth-order valence-corrected chi connectivity index (χ4v) is 1.68. The molecule has 1 heterocycles. The number of halogens is 1. The average Bonchev–Trinajstić information content (AvgIpc) is 2.45. The van der Waals surface area contributed by atoms with Crippen molar-refractivity contribution in [1.82, 2.24) is 15.3 Å². The maximum atomic E-state index is 13.0. The Bertz CT molecular complexity index is 562. The minimum Gasteiger partial charge on any atom is -0.367 e. The Kier molecular flexibility index (Phi) is 5.00. The van der Waals surface area contributed by atoms with Gasteiger partial charge in [0, 0.05) is 25.5 Å². The van der Waals surface area contributed by atoms with E-state index in [2.05, 4.69) is 20.6 Å². The van der Waals surface area contributed by atoms with E-state index in [0.29, 0.717) is 24.5 Å². The number of aromatic nitrogens is 2. The van der Waals surface area contributed by atoms with E-state index in [1.54, 1.807) is 30.7 Å². The molecule has 0 fully saturated rings. The largest absolute Gasteiger partial charge is 0.367 e. The zero-order valence-electron chi connectivity index (χ0n) is 10.8. The number of nitrogens with one attached hydrogen (secondary N) is 2. The SMILES string of the molecule is O=C(Cc1cccc(F)c1)NCCNc1cnccn1. The zero-order valence-corrected chi connectivity index (χ0v) is 10.8. The van der Waals surface area contributed by atoms with Crippen molar-refractivity contribution < 1.29 is 9.18 Å². The predicted octanol–water partition coefficient (Wildman–Crippen LogP) is 1.39. The molecule has 1 aromatic carbocycles. The van der Waals surface area contributed by atoms with Crippen LogP contribution < -0.4 is 10.6 Å². The Morgan fingerprint density at radius 1 is 1.25 bits per heavy atom. The highest BCUT2D eigenvalue weighted by Crippen LogP contribution is 2.04. The molecule has 2 rings (SSSR count). The van der Waals surface area contributed by atoms with Gasteiger partial charge in [0.15, 0.2) is 0 Å². The van der Waals surface area contributed by atoms with Gasteiger partial charge in [-0.05, 0) is 17.7 Å². The van der Waals surface area contributed by atoms with Crippen LogP contribution in [0.4, 0.5) is 10.2 Å². The van der Waals surface area contributed by atoms with Gasteiger partial charge in [0.25, 0.3) is 0 Å². The van der Waals surface area contributed by atoms with Crippen molar-refractivity contribution in [3.05, 3.63) is 54.2 Å². The Labute approximate surface area is 116 Å². The first-order chi connectivity index (χ1) is 9.74. The van der Waals surface area contributed by atoms with Gasteiger partial charge in [-0.3, -0.25) is 9.78 Å². The van der Waals surface area contributed by atoms with Crippen LogP contribution >= 0.6 is 0 Å². The predicted molar refractivity (Wildman–Crippen MR) is 73.6 cm³/mol. The number of carbonyl (C=O) groups is 1. The maximum absolute atomic E-state index is 13.0. The Balaban J connectivity index is 1.68. The summed E-state index contributed by atoms with van der Waals surface area (Å²) in [6.07, 6.45) is 4.95. The highest BCUT2D eigenvalue weighted by molar-refractivity contribution is 5.78. The van der Waals surface area contributed by atoms with E-state index in [1.807, 2.05) is 0 Å². The van der Waals surface area contributed by atoms with Crippen LogP contribution in [0.25, 0.3) is 0 Å². The molecule has 6 heteroatoms. The van der Waals surface area contributed by atoms with Crippen LogP contribution in [0.15, 0.2) is 42.9 Å². The number of carbonyl (C=O) groups excluding carboxylic acids is 1. The van der Waals surface area contributed by atoms with Crippen LogP contribution in [-0.4, -0.2) is 29.0 Å². The van der Waals surface area contributed by atoms with Gasteiger partial charge in [0.1, 0.15) is 11.6 Å². The van der Waals surface area contributed by atoms with Crippen molar-refractivity contribution in [2.45, 2.75) is 6.42 Å². The number of anilines is 1. The highest BCUT2D eigenvalue weighted by atomic mass is 19.1. The van der Waals surface area contributed by atoms with Crippen LogP contribution in [0.2, 0.25) is 0 Å². The maximum Gasteiger partial charge on any atom is 0.224 e. The molecule has 0 unspecified atom stereocenters. The summed E-state index contributed by atoms with van der Waals surface area (Å²) in [5.74, 6) is 0.183. The second-order valence-electron chi connectivity index (χ2n) is 4.17. The molecule has 1 aromatic heterocycles. The summed E-state index contributed by atoms with van der Waals surface area (Å²) in [7, 11) is 0. The molecule has 0 aliphatic rings. The second-order valence-corrected chi connectivity index (χ2v) is 4.17. The van der Waals surface area contributed by atoms with Crippen molar-refractivity contribution in [2.24, 2.45) is 0 Å². The zero-order chi connectivity index (χ0) is 14.2.